The molecule has 148 valence electrons. The van der Waals surface area contributed by atoms with Crippen molar-refractivity contribution in [3.8, 4) is 11.4 Å². The highest BCUT2D eigenvalue weighted by atomic mass is 16.5. The van der Waals surface area contributed by atoms with E-state index in [4.69, 9.17) is 4.74 Å². The summed E-state index contributed by atoms with van der Waals surface area (Å²) in [5.41, 5.74) is 3.67. The minimum absolute atomic E-state index is 0.0146. The van der Waals surface area contributed by atoms with Crippen LogP contribution >= 0.6 is 0 Å². The van der Waals surface area contributed by atoms with Crippen LogP contribution in [0.1, 0.15) is 40.7 Å². The molecule has 3 aromatic rings. The van der Waals surface area contributed by atoms with Crippen LogP contribution in [-0.4, -0.2) is 37.9 Å². The van der Waals surface area contributed by atoms with Crippen LogP contribution in [0.15, 0.2) is 60.9 Å². The fourth-order valence-corrected chi connectivity index (χ4v) is 4.22. The topological polar surface area (TPSA) is 67.6 Å². The van der Waals surface area contributed by atoms with Gasteiger partial charge in [-0.05, 0) is 54.7 Å². The molecule has 1 fully saturated rings. The smallest absolute Gasteiger partial charge is 0.258 e. The van der Waals surface area contributed by atoms with Crippen LogP contribution in [0.5, 0.6) is 5.75 Å². The Bertz CT molecular complexity index is 1010. The van der Waals surface area contributed by atoms with Gasteiger partial charge in [-0.15, -0.1) is 0 Å². The van der Waals surface area contributed by atoms with Gasteiger partial charge >= 0.3 is 0 Å². The van der Waals surface area contributed by atoms with Gasteiger partial charge in [-0.25, -0.2) is 4.68 Å². The number of nitrogens with zero attached hydrogens (tertiary/aromatic N) is 3. The van der Waals surface area contributed by atoms with Gasteiger partial charge in [-0.2, -0.15) is 5.10 Å². The van der Waals surface area contributed by atoms with E-state index in [2.05, 4.69) is 5.10 Å². The predicted octanol–water partition coefficient (Wildman–Crippen LogP) is 3.32. The molecule has 2 atom stereocenters. The minimum atomic E-state index is -0.452. The van der Waals surface area contributed by atoms with Crippen molar-refractivity contribution in [2.45, 2.75) is 44.6 Å². The van der Waals surface area contributed by atoms with E-state index in [0.29, 0.717) is 24.4 Å². The normalized spacial score (nSPS) is 20.9. The molecular formula is C23H23N3O3. The molecule has 2 unspecified atom stereocenters. The van der Waals surface area contributed by atoms with E-state index in [1.807, 2.05) is 64.3 Å². The van der Waals surface area contributed by atoms with E-state index in [1.165, 1.54) is 0 Å². The SMILES string of the molecule is O=C1c2c(cccc2OC2CCCC2O)CN1Cc1ccc(-n2cccn2)cc1. The molecule has 6 nitrogen and oxygen atoms in total. The third-order valence-corrected chi connectivity index (χ3v) is 5.75. The lowest BCUT2D eigenvalue weighted by atomic mass is 10.1. The maximum Gasteiger partial charge on any atom is 0.258 e. The van der Waals surface area contributed by atoms with Gasteiger partial charge in [0.15, 0.2) is 0 Å². The number of hydrogen-bond acceptors (Lipinski definition) is 4. The zero-order chi connectivity index (χ0) is 19.8. The Morgan fingerprint density at radius 3 is 2.69 bits per heavy atom. The summed E-state index contributed by atoms with van der Waals surface area (Å²) in [6.45, 7) is 1.11. The summed E-state index contributed by atoms with van der Waals surface area (Å²) in [7, 11) is 0. The Balaban J connectivity index is 1.32. The molecule has 1 saturated carbocycles. The molecule has 5 rings (SSSR count). The fraction of sp³-hybridized carbons (Fsp3) is 0.304. The van der Waals surface area contributed by atoms with Crippen molar-refractivity contribution in [1.29, 1.82) is 0 Å². The van der Waals surface area contributed by atoms with Crippen molar-refractivity contribution in [3.05, 3.63) is 77.6 Å². The number of carbonyl (C=O) groups is 1. The first kappa shape index (κ1) is 17.9. The van der Waals surface area contributed by atoms with E-state index in [9.17, 15) is 9.90 Å². The van der Waals surface area contributed by atoms with Crippen molar-refractivity contribution in [3.63, 3.8) is 0 Å². The zero-order valence-electron chi connectivity index (χ0n) is 16.1. The molecule has 1 aliphatic heterocycles. The standard InChI is InChI=1S/C23H23N3O3/c27-19-5-2-6-20(19)29-21-7-1-4-17-15-25(23(28)22(17)21)14-16-8-10-18(11-9-16)26-13-3-12-24-26/h1,3-4,7-13,19-20,27H,2,5-6,14-15H2. The number of hydrogen-bond donors (Lipinski definition) is 1. The quantitative estimate of drug-likeness (QED) is 0.727. The number of benzene rings is 2. The number of rotatable bonds is 5. The number of carbonyl (C=O) groups excluding carboxylic acids is 1. The lowest BCUT2D eigenvalue weighted by molar-refractivity contribution is 0.0582. The average molecular weight is 389 g/mol. The second-order valence-corrected chi connectivity index (χ2v) is 7.72. The highest BCUT2D eigenvalue weighted by Crippen LogP contribution is 2.34. The van der Waals surface area contributed by atoms with Gasteiger partial charge in [0.2, 0.25) is 0 Å². The summed E-state index contributed by atoms with van der Waals surface area (Å²) < 4.78 is 7.86. The van der Waals surface area contributed by atoms with Gasteiger partial charge in [0.25, 0.3) is 5.91 Å². The molecule has 1 aromatic heterocycles. The Labute approximate surface area is 169 Å². The van der Waals surface area contributed by atoms with Gasteiger partial charge in [0.05, 0.1) is 17.4 Å². The third kappa shape index (κ3) is 3.40. The van der Waals surface area contributed by atoms with Gasteiger partial charge in [0.1, 0.15) is 11.9 Å². The second kappa shape index (κ2) is 7.37. The van der Waals surface area contributed by atoms with Gasteiger partial charge in [-0.1, -0.05) is 24.3 Å². The van der Waals surface area contributed by atoms with Crippen LogP contribution in [0.2, 0.25) is 0 Å². The molecule has 2 aliphatic rings. The van der Waals surface area contributed by atoms with Crippen LogP contribution in [0, 0.1) is 0 Å². The summed E-state index contributed by atoms with van der Waals surface area (Å²) in [5, 5.41) is 14.3. The first-order valence-electron chi connectivity index (χ1n) is 10.0. The highest BCUT2D eigenvalue weighted by molar-refractivity contribution is 6.01. The van der Waals surface area contributed by atoms with Gasteiger partial charge < -0.3 is 14.7 Å². The van der Waals surface area contributed by atoms with E-state index in [0.717, 1.165) is 36.1 Å². The van der Waals surface area contributed by atoms with Crippen molar-refractivity contribution in [2.24, 2.45) is 0 Å². The van der Waals surface area contributed by atoms with Crippen LogP contribution in [0.4, 0.5) is 0 Å². The molecule has 1 aliphatic carbocycles. The van der Waals surface area contributed by atoms with E-state index in [1.54, 1.807) is 6.20 Å². The largest absolute Gasteiger partial charge is 0.487 e. The molecule has 1 amide bonds. The average Bonchev–Trinajstić information content (AvgIpc) is 3.46. The van der Waals surface area contributed by atoms with E-state index < -0.39 is 6.10 Å². The summed E-state index contributed by atoms with van der Waals surface area (Å²) in [6.07, 6.45) is 5.51. The van der Waals surface area contributed by atoms with Crippen LogP contribution in [-0.2, 0) is 13.1 Å². The lowest BCUT2D eigenvalue weighted by Crippen LogP contribution is -2.27. The molecule has 0 radical (unpaired) electrons. The molecule has 29 heavy (non-hydrogen) atoms. The van der Waals surface area contributed by atoms with Crippen molar-refractivity contribution in [2.75, 3.05) is 0 Å². The molecule has 2 aromatic carbocycles. The van der Waals surface area contributed by atoms with E-state index in [-0.39, 0.29) is 12.0 Å². The Morgan fingerprint density at radius 1 is 1.10 bits per heavy atom. The molecule has 6 heteroatoms. The van der Waals surface area contributed by atoms with Crippen molar-refractivity contribution >= 4 is 5.91 Å². The van der Waals surface area contributed by atoms with Crippen LogP contribution in [0.3, 0.4) is 0 Å². The number of fused-ring (bicyclic) bond motifs is 1. The Kier molecular flexibility index (Phi) is 4.56. The van der Waals surface area contributed by atoms with E-state index >= 15 is 0 Å². The predicted molar refractivity (Wildman–Crippen MR) is 108 cm³/mol. The monoisotopic (exact) mass is 389 g/mol. The number of aliphatic hydroxyl groups excluding tert-OH is 1. The Morgan fingerprint density at radius 2 is 1.97 bits per heavy atom. The first-order valence-corrected chi connectivity index (χ1v) is 10.0. The van der Waals surface area contributed by atoms with Gasteiger partial charge in [0, 0.05) is 25.5 Å². The second-order valence-electron chi connectivity index (χ2n) is 7.72. The summed E-state index contributed by atoms with van der Waals surface area (Å²) >= 11 is 0. The molecule has 1 N–H and O–H groups in total. The summed E-state index contributed by atoms with van der Waals surface area (Å²) in [4.78, 5) is 14.9. The Hall–Kier alpha value is -3.12. The highest BCUT2D eigenvalue weighted by Gasteiger charge is 2.33. The number of aromatic nitrogens is 2. The summed E-state index contributed by atoms with van der Waals surface area (Å²) in [5.74, 6) is 0.578. The van der Waals surface area contributed by atoms with Crippen molar-refractivity contribution in [1.82, 2.24) is 14.7 Å². The molecule has 0 bridgehead atoms. The van der Waals surface area contributed by atoms with Crippen LogP contribution in [0.25, 0.3) is 5.69 Å². The minimum Gasteiger partial charge on any atom is -0.487 e. The molecule has 0 saturated heterocycles. The molecular weight excluding hydrogens is 366 g/mol. The maximum absolute atomic E-state index is 13.1. The number of ether oxygens (including phenoxy) is 1. The number of aliphatic hydroxyl groups is 1. The molecule has 0 spiro atoms. The first-order chi connectivity index (χ1) is 14.2. The lowest BCUT2D eigenvalue weighted by Gasteiger charge is -2.19. The molecule has 2 heterocycles. The third-order valence-electron chi connectivity index (χ3n) is 5.75. The maximum atomic E-state index is 13.1. The van der Waals surface area contributed by atoms with Crippen LogP contribution < -0.4 is 4.74 Å². The fourth-order valence-electron chi connectivity index (χ4n) is 4.22. The van der Waals surface area contributed by atoms with Crippen molar-refractivity contribution < 1.29 is 14.6 Å². The summed E-state index contributed by atoms with van der Waals surface area (Å²) in [6, 6.07) is 15.7. The zero-order valence-corrected chi connectivity index (χ0v) is 16.1. The number of amides is 1. The van der Waals surface area contributed by atoms with Gasteiger partial charge in [-0.3, -0.25) is 4.79 Å².